The molecule has 1 unspecified atom stereocenters. The summed E-state index contributed by atoms with van der Waals surface area (Å²) in [5, 5.41) is 7.66. The molecule has 0 aromatic heterocycles. The maximum Gasteiger partial charge on any atom is 0.408 e. The van der Waals surface area contributed by atoms with Crippen molar-refractivity contribution in [1.29, 1.82) is 0 Å². The van der Waals surface area contributed by atoms with E-state index >= 15 is 0 Å². The van der Waals surface area contributed by atoms with Crippen LogP contribution in [-0.2, 0) is 49.3 Å². The van der Waals surface area contributed by atoms with Crippen LogP contribution < -0.4 is 16.0 Å². The van der Waals surface area contributed by atoms with Crippen molar-refractivity contribution < 1.29 is 57.2 Å². The van der Waals surface area contributed by atoms with Gasteiger partial charge >= 0.3 is 36.2 Å². The highest BCUT2D eigenvalue weighted by atomic mass is 16.6. The first-order valence-corrected chi connectivity index (χ1v) is 25.3. The zero-order chi connectivity index (χ0) is 51.1. The van der Waals surface area contributed by atoms with Crippen LogP contribution in [0.1, 0.15) is 146 Å². The molecule has 0 bridgehead atoms. The summed E-state index contributed by atoms with van der Waals surface area (Å²) < 4.78 is 35.2. The Bertz CT molecular complexity index is 1940. The Hall–Kier alpha value is -4.60. The summed E-state index contributed by atoms with van der Waals surface area (Å²) in [7, 11) is 2.15. The van der Waals surface area contributed by atoms with Crippen LogP contribution in [0.25, 0.3) is 0 Å². The van der Waals surface area contributed by atoms with Crippen molar-refractivity contribution >= 4 is 36.2 Å². The van der Waals surface area contributed by atoms with Crippen LogP contribution in [0, 0.1) is 46.3 Å². The average molecular weight is 969 g/mol. The van der Waals surface area contributed by atoms with E-state index in [-0.39, 0.29) is 60.6 Å². The van der Waals surface area contributed by atoms with E-state index in [4.69, 9.17) is 28.4 Å². The Kier molecular flexibility index (Phi) is 18.2. The highest BCUT2D eigenvalue weighted by molar-refractivity contribution is 5.79. The molecule has 3 amide bonds. The quantitative estimate of drug-likeness (QED) is 0.105. The van der Waals surface area contributed by atoms with E-state index < -0.39 is 76.7 Å². The molecule has 4 aliphatic rings. The predicted molar refractivity (Wildman–Crippen MR) is 260 cm³/mol. The van der Waals surface area contributed by atoms with Crippen molar-refractivity contribution in [3.05, 3.63) is 35.9 Å². The first kappa shape index (κ1) is 55.3. The number of benzene rings is 1. The molecule has 4 saturated carbocycles. The molecule has 0 spiro atoms. The Morgan fingerprint density at radius 1 is 0.681 bits per heavy atom. The molecule has 69 heavy (non-hydrogen) atoms. The van der Waals surface area contributed by atoms with Gasteiger partial charge < -0.3 is 49.3 Å². The number of nitrogens with zero attached hydrogens (tertiary/aromatic N) is 1. The van der Waals surface area contributed by atoms with Crippen LogP contribution in [0.4, 0.5) is 14.4 Å². The normalized spacial score (nSPS) is 29.2. The SMILES string of the molecule is CC(CCCN(C)Cc1ccccc1)[C@H]1CC[C@H]2[C@@H]3[C@H](OC(=O)CNC(=O)OC(C)(C)C)C[C@@H]4C[C@H](OC(=O)CNC(=O)OC(C)(C)C)CC[C@]4(C)[C@H]3C[C@H](OC(=O)CNC(=O)OC(C)(C)C)[C@]12C. The number of carbonyl (C=O) groups is 6. The monoisotopic (exact) mass is 969 g/mol. The molecule has 4 aliphatic carbocycles. The number of alkyl carbamates (subject to hydrolysis) is 3. The third-order valence-corrected chi connectivity index (χ3v) is 15.1. The van der Waals surface area contributed by atoms with Gasteiger partial charge in [-0.1, -0.05) is 51.1 Å². The highest BCUT2D eigenvalue weighted by Gasteiger charge is 2.68. The molecule has 11 atom stereocenters. The number of fused-ring (bicyclic) bond motifs is 5. The lowest BCUT2D eigenvalue weighted by atomic mass is 9.43. The smallest absolute Gasteiger partial charge is 0.408 e. The van der Waals surface area contributed by atoms with Gasteiger partial charge in [0.2, 0.25) is 0 Å². The Morgan fingerprint density at radius 3 is 1.74 bits per heavy atom. The number of amides is 3. The van der Waals surface area contributed by atoms with Gasteiger partial charge in [-0.05, 0) is 174 Å². The second-order valence-electron chi connectivity index (χ2n) is 23.8. The number of hydrogen-bond acceptors (Lipinski definition) is 13. The number of carbonyl (C=O) groups excluding carboxylic acids is 6. The minimum Gasteiger partial charge on any atom is -0.461 e. The van der Waals surface area contributed by atoms with Gasteiger partial charge in [0.15, 0.2) is 0 Å². The van der Waals surface area contributed by atoms with Crippen LogP contribution in [0.5, 0.6) is 0 Å². The summed E-state index contributed by atoms with van der Waals surface area (Å²) in [6, 6.07) is 10.4. The Balaban J connectivity index is 1.42. The number of nitrogens with one attached hydrogen (secondary N) is 3. The summed E-state index contributed by atoms with van der Waals surface area (Å²) in [6.07, 6.45) is 2.92. The van der Waals surface area contributed by atoms with Gasteiger partial charge in [-0.15, -0.1) is 0 Å². The molecule has 0 aliphatic heterocycles. The first-order chi connectivity index (χ1) is 32.1. The molecular formula is C53H84N4O12. The van der Waals surface area contributed by atoms with Crippen LogP contribution in [0.2, 0.25) is 0 Å². The van der Waals surface area contributed by atoms with E-state index in [0.717, 1.165) is 38.8 Å². The molecular weight excluding hydrogens is 885 g/mol. The standard InChI is InChI=1S/C53H84N4O12/c1-33(18-17-25-57(13)32-34-19-15-14-16-20-34)37-21-22-38-45-39(28-41(53(37,38)12)66-44(60)31-56-48(63)69-51(8,9)10)52(11)24-23-36(64-42(58)29-54-46(61)67-49(2,3)4)26-35(52)27-40(45)65-43(59)30-55-47(62)68-50(5,6)7/h14-16,19-20,33,35-41,45H,17-18,21-32H2,1-13H3,(H,54,61)(H,55,62)(H,56,63)/t33?,35-,36+,37+,38-,39-,40+,41-,45-,52-,53+/m0/s1. The van der Waals surface area contributed by atoms with Crippen molar-refractivity contribution in [2.75, 3.05) is 33.2 Å². The average Bonchev–Trinajstić information content (AvgIpc) is 3.58. The van der Waals surface area contributed by atoms with Gasteiger partial charge in [0.25, 0.3) is 0 Å². The van der Waals surface area contributed by atoms with Crippen LogP contribution >= 0.6 is 0 Å². The van der Waals surface area contributed by atoms with E-state index in [1.807, 2.05) is 6.07 Å². The van der Waals surface area contributed by atoms with Crippen molar-refractivity contribution in [2.45, 2.75) is 183 Å². The van der Waals surface area contributed by atoms with Crippen molar-refractivity contribution in [2.24, 2.45) is 46.3 Å². The Morgan fingerprint density at radius 2 is 1.20 bits per heavy atom. The van der Waals surface area contributed by atoms with E-state index in [9.17, 15) is 28.8 Å². The highest BCUT2D eigenvalue weighted by Crippen LogP contribution is 2.69. The van der Waals surface area contributed by atoms with Crippen LogP contribution in [0.3, 0.4) is 0 Å². The van der Waals surface area contributed by atoms with E-state index in [0.29, 0.717) is 32.1 Å². The summed E-state index contributed by atoms with van der Waals surface area (Å²) >= 11 is 0. The van der Waals surface area contributed by atoms with Crippen molar-refractivity contribution in [1.82, 2.24) is 20.9 Å². The maximum absolute atomic E-state index is 13.9. The van der Waals surface area contributed by atoms with Gasteiger partial charge in [0.1, 0.15) is 54.7 Å². The predicted octanol–water partition coefficient (Wildman–Crippen LogP) is 8.72. The van der Waals surface area contributed by atoms with E-state index in [1.165, 1.54) is 5.56 Å². The van der Waals surface area contributed by atoms with Gasteiger partial charge in [-0.3, -0.25) is 14.4 Å². The van der Waals surface area contributed by atoms with E-state index in [1.54, 1.807) is 62.3 Å². The molecule has 388 valence electrons. The number of ether oxygens (including phenoxy) is 6. The summed E-state index contributed by atoms with van der Waals surface area (Å²) in [4.78, 5) is 80.9. The molecule has 1 aromatic rings. The fourth-order valence-electron chi connectivity index (χ4n) is 12.3. The molecule has 3 N–H and O–H groups in total. The summed E-state index contributed by atoms with van der Waals surface area (Å²) in [6.45, 7) is 23.3. The zero-order valence-electron chi connectivity index (χ0n) is 43.8. The second kappa shape index (κ2) is 22.6. The molecule has 16 heteroatoms. The van der Waals surface area contributed by atoms with Gasteiger partial charge in [0, 0.05) is 17.9 Å². The molecule has 0 saturated heterocycles. The number of hydrogen-bond donors (Lipinski definition) is 3. The lowest BCUT2D eigenvalue weighted by Gasteiger charge is -2.64. The van der Waals surface area contributed by atoms with Gasteiger partial charge in [-0.2, -0.15) is 0 Å². The summed E-state index contributed by atoms with van der Waals surface area (Å²) in [5.41, 5.74) is -1.78. The molecule has 16 nitrogen and oxygen atoms in total. The van der Waals surface area contributed by atoms with Gasteiger partial charge in [0.05, 0.1) is 0 Å². The van der Waals surface area contributed by atoms with Crippen molar-refractivity contribution in [3.8, 4) is 0 Å². The van der Waals surface area contributed by atoms with Crippen LogP contribution in [-0.4, -0.2) is 109 Å². The summed E-state index contributed by atoms with van der Waals surface area (Å²) in [5.74, 6) is -1.45. The molecule has 0 radical (unpaired) electrons. The fourth-order valence-corrected chi connectivity index (χ4v) is 12.3. The number of rotatable bonds is 16. The lowest BCUT2D eigenvalue weighted by Crippen LogP contribution is -2.64. The first-order valence-electron chi connectivity index (χ1n) is 25.3. The number of esters is 3. The lowest BCUT2D eigenvalue weighted by molar-refractivity contribution is -0.225. The molecule has 0 heterocycles. The van der Waals surface area contributed by atoms with Crippen molar-refractivity contribution in [3.63, 3.8) is 0 Å². The van der Waals surface area contributed by atoms with E-state index in [2.05, 4.69) is 72.9 Å². The molecule has 4 fully saturated rings. The van der Waals surface area contributed by atoms with Crippen LogP contribution in [0.15, 0.2) is 30.3 Å². The van der Waals surface area contributed by atoms with Gasteiger partial charge in [-0.25, -0.2) is 14.4 Å². The maximum atomic E-state index is 13.9. The fraction of sp³-hybridized carbons (Fsp3) is 0.774. The minimum atomic E-state index is -0.756. The second-order valence-corrected chi connectivity index (χ2v) is 23.8. The molecule has 1 aromatic carbocycles. The molecule has 5 rings (SSSR count). The minimum absolute atomic E-state index is 0.00457. The third kappa shape index (κ3) is 15.4. The topological polar surface area (TPSA) is 197 Å². The Labute approximate surface area is 411 Å². The largest absolute Gasteiger partial charge is 0.461 e. The zero-order valence-corrected chi connectivity index (χ0v) is 43.8. The third-order valence-electron chi connectivity index (χ3n) is 15.1.